The molecule has 5 rings (SSSR count). The molecule has 0 aliphatic carbocycles. The van der Waals surface area contributed by atoms with Crippen LogP contribution in [0.15, 0.2) is 70.4 Å². The summed E-state index contributed by atoms with van der Waals surface area (Å²) in [5.74, 6) is -0.598. The van der Waals surface area contributed by atoms with Crippen LogP contribution >= 0.6 is 11.6 Å². The highest BCUT2D eigenvalue weighted by Gasteiger charge is 2.39. The van der Waals surface area contributed by atoms with Gasteiger partial charge in [-0.25, -0.2) is 8.42 Å². The van der Waals surface area contributed by atoms with Crippen LogP contribution in [0.1, 0.15) is 28.4 Å². The Hall–Kier alpha value is -3.54. The van der Waals surface area contributed by atoms with Crippen molar-refractivity contribution in [2.75, 3.05) is 18.4 Å². The quantitative estimate of drug-likeness (QED) is 0.398. The molecule has 1 aromatic heterocycles. The molecule has 10 nitrogen and oxygen atoms in total. The molecule has 2 aliphatic heterocycles. The van der Waals surface area contributed by atoms with Crippen LogP contribution < -0.4 is 10.9 Å². The first-order valence-electron chi connectivity index (χ1n) is 11.2. The lowest BCUT2D eigenvalue weighted by Gasteiger charge is -2.42. The van der Waals surface area contributed by atoms with Gasteiger partial charge in [-0.3, -0.25) is 19.7 Å². The molecule has 2 aromatic carbocycles. The van der Waals surface area contributed by atoms with Crippen LogP contribution in [0.3, 0.4) is 0 Å². The minimum Gasteiger partial charge on any atom is -0.322 e. The molecule has 2 atom stereocenters. The summed E-state index contributed by atoms with van der Waals surface area (Å²) >= 11 is 5.79. The number of aromatic nitrogens is 1. The number of carbonyl (C=O) groups excluding carboxylic acids is 1. The van der Waals surface area contributed by atoms with Gasteiger partial charge in [-0.2, -0.15) is 4.31 Å². The minimum absolute atomic E-state index is 0.0436. The van der Waals surface area contributed by atoms with E-state index in [2.05, 4.69) is 5.32 Å². The summed E-state index contributed by atoms with van der Waals surface area (Å²) in [4.78, 5) is 35.2. The molecule has 0 radical (unpaired) electrons. The third-order valence-corrected chi connectivity index (χ3v) is 8.77. The number of hydrogen-bond acceptors (Lipinski definition) is 6. The number of fused-ring (bicyclic) bond motifs is 4. The molecule has 2 bridgehead atoms. The molecule has 3 aromatic rings. The van der Waals surface area contributed by atoms with Crippen LogP contribution in [-0.2, 0) is 16.6 Å². The molecular formula is C24H21ClN4O6S. The van der Waals surface area contributed by atoms with Crippen molar-refractivity contribution < 1.29 is 18.1 Å². The predicted molar refractivity (Wildman–Crippen MR) is 133 cm³/mol. The van der Waals surface area contributed by atoms with Crippen molar-refractivity contribution >= 4 is 38.9 Å². The first kappa shape index (κ1) is 24.2. The van der Waals surface area contributed by atoms with Crippen molar-refractivity contribution in [3.05, 3.63) is 97.4 Å². The van der Waals surface area contributed by atoms with Gasteiger partial charge >= 0.3 is 0 Å². The molecule has 186 valence electrons. The second-order valence-corrected chi connectivity index (χ2v) is 11.3. The highest BCUT2D eigenvalue weighted by Crippen LogP contribution is 2.37. The molecule has 12 heteroatoms. The number of hydrogen-bond donors (Lipinski definition) is 1. The van der Waals surface area contributed by atoms with Crippen LogP contribution in [0, 0.1) is 16.0 Å². The lowest BCUT2D eigenvalue weighted by molar-refractivity contribution is -0.384. The zero-order valence-electron chi connectivity index (χ0n) is 18.8. The average Bonchev–Trinajstić information content (AvgIpc) is 2.85. The SMILES string of the molecule is O=C(Nc1ccc(S(=O)(=O)N2C[C@@H]3C[C@@H](C2)c2cccc(=O)n2C3)cc1)c1ccc(Cl)c([N+](=O)[O-])c1. The molecule has 1 fully saturated rings. The zero-order chi connectivity index (χ0) is 25.6. The number of halogens is 1. The van der Waals surface area contributed by atoms with Crippen molar-refractivity contribution in [3.63, 3.8) is 0 Å². The molecule has 1 N–H and O–H groups in total. The molecule has 0 unspecified atom stereocenters. The molecule has 1 amide bonds. The van der Waals surface area contributed by atoms with Gasteiger partial charge < -0.3 is 9.88 Å². The van der Waals surface area contributed by atoms with E-state index in [0.29, 0.717) is 18.8 Å². The van der Waals surface area contributed by atoms with Gasteiger partial charge in [0.15, 0.2) is 0 Å². The van der Waals surface area contributed by atoms with Crippen molar-refractivity contribution in [1.29, 1.82) is 0 Å². The molecule has 0 spiro atoms. The van der Waals surface area contributed by atoms with Gasteiger partial charge in [-0.15, -0.1) is 0 Å². The summed E-state index contributed by atoms with van der Waals surface area (Å²) in [7, 11) is -3.79. The lowest BCUT2D eigenvalue weighted by Crippen LogP contribution is -2.48. The average molecular weight is 529 g/mol. The Morgan fingerprint density at radius 3 is 2.53 bits per heavy atom. The minimum atomic E-state index is -3.79. The fourth-order valence-corrected chi connectivity index (χ4v) is 6.65. The maximum atomic E-state index is 13.4. The normalized spacial score (nSPS) is 19.4. The number of pyridine rings is 1. The Kier molecular flexibility index (Phi) is 6.15. The summed E-state index contributed by atoms with van der Waals surface area (Å²) in [6, 6.07) is 14.6. The van der Waals surface area contributed by atoms with Crippen LogP contribution in [0.5, 0.6) is 0 Å². The molecular weight excluding hydrogens is 508 g/mol. The van der Waals surface area contributed by atoms with Gasteiger partial charge in [-0.05, 0) is 54.8 Å². The molecule has 36 heavy (non-hydrogen) atoms. The van der Waals surface area contributed by atoms with Gasteiger partial charge in [0.25, 0.3) is 17.2 Å². The smallest absolute Gasteiger partial charge is 0.288 e. The second kappa shape index (κ2) is 9.16. The number of amides is 1. The monoisotopic (exact) mass is 528 g/mol. The topological polar surface area (TPSA) is 132 Å². The van der Waals surface area contributed by atoms with Gasteiger partial charge in [0, 0.05) is 54.6 Å². The third kappa shape index (κ3) is 4.41. The Bertz CT molecular complexity index is 1540. The molecule has 2 aliphatic rings. The van der Waals surface area contributed by atoms with Crippen molar-refractivity contribution in [1.82, 2.24) is 8.87 Å². The summed E-state index contributed by atoms with van der Waals surface area (Å²) < 4.78 is 30.0. The van der Waals surface area contributed by atoms with E-state index in [1.807, 2.05) is 6.07 Å². The highest BCUT2D eigenvalue weighted by molar-refractivity contribution is 7.89. The van der Waals surface area contributed by atoms with E-state index < -0.39 is 20.9 Å². The molecule has 0 saturated carbocycles. The van der Waals surface area contributed by atoms with Crippen LogP contribution in [0.4, 0.5) is 11.4 Å². The van der Waals surface area contributed by atoms with E-state index in [4.69, 9.17) is 11.6 Å². The van der Waals surface area contributed by atoms with E-state index in [1.165, 1.54) is 46.8 Å². The Morgan fingerprint density at radius 1 is 1.06 bits per heavy atom. The van der Waals surface area contributed by atoms with E-state index >= 15 is 0 Å². The molecule has 1 saturated heterocycles. The van der Waals surface area contributed by atoms with E-state index in [9.17, 15) is 28.1 Å². The van der Waals surface area contributed by atoms with Crippen molar-refractivity contribution in [2.24, 2.45) is 5.92 Å². The van der Waals surface area contributed by atoms with Crippen LogP contribution in [0.25, 0.3) is 0 Å². The number of nitrogens with one attached hydrogen (secondary N) is 1. The number of carbonyl (C=O) groups is 1. The fraction of sp³-hybridized carbons (Fsp3) is 0.250. The number of nitro groups is 1. The van der Waals surface area contributed by atoms with Crippen molar-refractivity contribution in [3.8, 4) is 0 Å². The van der Waals surface area contributed by atoms with Gasteiger partial charge in [0.2, 0.25) is 10.0 Å². The first-order chi connectivity index (χ1) is 17.1. The fourth-order valence-electron chi connectivity index (χ4n) is 4.91. The van der Waals surface area contributed by atoms with Crippen LogP contribution in [-0.4, -0.2) is 41.2 Å². The molecule has 3 heterocycles. The number of benzene rings is 2. The standard InChI is InChI=1S/C24H21ClN4O6S/c25-20-9-4-16(11-22(20)29(32)33)24(31)26-18-5-7-19(8-6-18)36(34,35)27-12-15-10-17(14-27)21-2-1-3-23(30)28(21)13-15/h1-9,11,15,17H,10,12-14H2,(H,26,31)/t15-,17-/m0/s1. The van der Waals surface area contributed by atoms with E-state index in [-0.39, 0.29) is 45.1 Å². The summed E-state index contributed by atoms with van der Waals surface area (Å²) in [5, 5.41) is 13.6. The number of piperidine rings is 1. The van der Waals surface area contributed by atoms with Crippen LogP contribution in [0.2, 0.25) is 5.02 Å². The largest absolute Gasteiger partial charge is 0.322 e. The second-order valence-electron chi connectivity index (χ2n) is 8.92. The number of anilines is 1. The Labute approximate surface area is 211 Å². The first-order valence-corrected chi connectivity index (χ1v) is 13.0. The number of nitrogens with zero attached hydrogens (tertiary/aromatic N) is 3. The van der Waals surface area contributed by atoms with E-state index in [0.717, 1.165) is 18.2 Å². The summed E-state index contributed by atoms with van der Waals surface area (Å²) in [6.45, 7) is 1.11. The Morgan fingerprint density at radius 2 is 1.81 bits per heavy atom. The number of rotatable bonds is 5. The van der Waals surface area contributed by atoms with Gasteiger partial charge in [-0.1, -0.05) is 17.7 Å². The third-order valence-electron chi connectivity index (χ3n) is 6.60. The number of nitro benzene ring substituents is 1. The zero-order valence-corrected chi connectivity index (χ0v) is 20.4. The lowest BCUT2D eigenvalue weighted by atomic mass is 9.84. The predicted octanol–water partition coefficient (Wildman–Crippen LogP) is 3.47. The van der Waals surface area contributed by atoms with E-state index in [1.54, 1.807) is 10.6 Å². The maximum Gasteiger partial charge on any atom is 0.288 e. The van der Waals surface area contributed by atoms with Gasteiger partial charge in [0.05, 0.1) is 9.82 Å². The Balaban J connectivity index is 1.32. The maximum absolute atomic E-state index is 13.4. The number of sulfonamides is 1. The van der Waals surface area contributed by atoms with Crippen molar-refractivity contribution in [2.45, 2.75) is 23.8 Å². The summed E-state index contributed by atoms with van der Waals surface area (Å²) in [5.41, 5.74) is 0.787. The van der Waals surface area contributed by atoms with Gasteiger partial charge in [0.1, 0.15) is 5.02 Å². The summed E-state index contributed by atoms with van der Waals surface area (Å²) in [6.07, 6.45) is 0.837. The highest BCUT2D eigenvalue weighted by atomic mass is 35.5.